The average molecular weight is 299 g/mol. The Hall–Kier alpha value is -2.94. The molecule has 0 atom stereocenters. The third-order valence-corrected chi connectivity index (χ3v) is 4.03. The molecule has 0 radical (unpaired) electrons. The van der Waals surface area contributed by atoms with Crippen LogP contribution < -0.4 is 5.32 Å². The standard InChI is InChI=1S/C20H17N3/c1-2-4-16(5-3-1)20-18-14-17(15-8-10-21-11-9-15)6-7-19(18)22-12-13-23-20/h1-11,14,22H,12-13H2. The van der Waals surface area contributed by atoms with Crippen LogP contribution in [-0.4, -0.2) is 23.8 Å². The van der Waals surface area contributed by atoms with Crippen molar-refractivity contribution in [3.63, 3.8) is 0 Å². The van der Waals surface area contributed by atoms with E-state index in [-0.39, 0.29) is 0 Å². The Labute approximate surface area is 135 Å². The van der Waals surface area contributed by atoms with Crippen molar-refractivity contribution in [1.82, 2.24) is 4.98 Å². The SMILES string of the molecule is c1ccc(C2=NCCNc3ccc(-c4ccncc4)cc32)cc1. The van der Waals surface area contributed by atoms with Gasteiger partial charge in [-0.25, -0.2) is 0 Å². The first kappa shape index (κ1) is 13.7. The van der Waals surface area contributed by atoms with E-state index in [0.29, 0.717) is 0 Å². The Morgan fingerprint density at radius 1 is 0.783 bits per heavy atom. The van der Waals surface area contributed by atoms with Crippen LogP contribution in [0.5, 0.6) is 0 Å². The van der Waals surface area contributed by atoms with Crippen LogP contribution in [0.25, 0.3) is 11.1 Å². The van der Waals surface area contributed by atoms with Gasteiger partial charge in [-0.2, -0.15) is 0 Å². The number of rotatable bonds is 2. The van der Waals surface area contributed by atoms with Gasteiger partial charge in [-0.1, -0.05) is 36.4 Å². The molecule has 23 heavy (non-hydrogen) atoms. The molecule has 0 saturated carbocycles. The third kappa shape index (κ3) is 2.73. The average Bonchev–Trinajstić information content (AvgIpc) is 2.85. The number of benzene rings is 2. The summed E-state index contributed by atoms with van der Waals surface area (Å²) in [7, 11) is 0. The lowest BCUT2D eigenvalue weighted by Gasteiger charge is -2.13. The van der Waals surface area contributed by atoms with Gasteiger partial charge in [-0.05, 0) is 35.4 Å². The minimum Gasteiger partial charge on any atom is -0.383 e. The van der Waals surface area contributed by atoms with Crippen LogP contribution >= 0.6 is 0 Å². The Morgan fingerprint density at radius 3 is 2.43 bits per heavy atom. The van der Waals surface area contributed by atoms with Crippen molar-refractivity contribution in [3.8, 4) is 11.1 Å². The minimum absolute atomic E-state index is 0.781. The van der Waals surface area contributed by atoms with Gasteiger partial charge in [0.25, 0.3) is 0 Å². The van der Waals surface area contributed by atoms with Crippen LogP contribution in [0.15, 0.2) is 78.0 Å². The van der Waals surface area contributed by atoms with Crippen LogP contribution in [-0.2, 0) is 0 Å². The van der Waals surface area contributed by atoms with Gasteiger partial charge in [0.1, 0.15) is 0 Å². The quantitative estimate of drug-likeness (QED) is 0.776. The molecule has 0 bridgehead atoms. The van der Waals surface area contributed by atoms with E-state index in [1.54, 1.807) is 0 Å². The van der Waals surface area contributed by atoms with E-state index in [9.17, 15) is 0 Å². The second kappa shape index (κ2) is 6.05. The number of hydrogen-bond acceptors (Lipinski definition) is 3. The molecule has 3 heteroatoms. The van der Waals surface area contributed by atoms with Gasteiger partial charge >= 0.3 is 0 Å². The first-order chi connectivity index (χ1) is 11.4. The first-order valence-corrected chi connectivity index (χ1v) is 7.80. The van der Waals surface area contributed by atoms with Crippen molar-refractivity contribution in [2.24, 2.45) is 4.99 Å². The Balaban J connectivity index is 1.86. The van der Waals surface area contributed by atoms with Gasteiger partial charge in [0, 0.05) is 35.8 Å². The molecular formula is C20H17N3. The van der Waals surface area contributed by atoms with E-state index in [1.807, 2.05) is 30.6 Å². The molecule has 3 nitrogen and oxygen atoms in total. The molecule has 1 aromatic heterocycles. The molecule has 0 fully saturated rings. The highest BCUT2D eigenvalue weighted by molar-refractivity contribution is 6.16. The molecule has 1 aliphatic rings. The second-order valence-electron chi connectivity index (χ2n) is 5.52. The number of anilines is 1. The molecule has 4 rings (SSSR count). The largest absolute Gasteiger partial charge is 0.383 e. The maximum absolute atomic E-state index is 4.81. The van der Waals surface area contributed by atoms with E-state index in [4.69, 9.17) is 4.99 Å². The maximum atomic E-state index is 4.81. The van der Waals surface area contributed by atoms with Gasteiger partial charge in [-0.3, -0.25) is 9.98 Å². The molecule has 2 aromatic carbocycles. The zero-order valence-electron chi connectivity index (χ0n) is 12.7. The van der Waals surface area contributed by atoms with Crippen molar-refractivity contribution in [1.29, 1.82) is 0 Å². The van der Waals surface area contributed by atoms with Gasteiger partial charge in [0.2, 0.25) is 0 Å². The zero-order valence-corrected chi connectivity index (χ0v) is 12.7. The lowest BCUT2D eigenvalue weighted by Crippen LogP contribution is -2.05. The highest BCUT2D eigenvalue weighted by atomic mass is 14.9. The lowest BCUT2D eigenvalue weighted by molar-refractivity contribution is 1.04. The van der Waals surface area contributed by atoms with E-state index in [0.717, 1.165) is 35.6 Å². The first-order valence-electron chi connectivity index (χ1n) is 7.80. The molecule has 1 aliphatic heterocycles. The maximum Gasteiger partial charge on any atom is 0.0740 e. The molecule has 0 aliphatic carbocycles. The Morgan fingerprint density at radius 2 is 1.61 bits per heavy atom. The van der Waals surface area contributed by atoms with Gasteiger partial charge in [0.05, 0.1) is 12.3 Å². The molecule has 3 aromatic rings. The summed E-state index contributed by atoms with van der Waals surface area (Å²) in [6.45, 7) is 1.64. The Bertz CT molecular complexity index is 839. The number of pyridine rings is 1. The van der Waals surface area contributed by atoms with E-state index >= 15 is 0 Å². The summed E-state index contributed by atoms with van der Waals surface area (Å²) in [6.07, 6.45) is 3.65. The minimum atomic E-state index is 0.781. The zero-order chi connectivity index (χ0) is 15.5. The molecule has 0 unspecified atom stereocenters. The van der Waals surface area contributed by atoms with Crippen LogP contribution in [0, 0.1) is 0 Å². The molecular weight excluding hydrogens is 282 g/mol. The molecule has 0 saturated heterocycles. The fourth-order valence-electron chi connectivity index (χ4n) is 2.90. The summed E-state index contributed by atoms with van der Waals surface area (Å²) in [6, 6.07) is 21.0. The van der Waals surface area contributed by atoms with E-state index < -0.39 is 0 Å². The normalized spacial score (nSPS) is 13.5. The van der Waals surface area contributed by atoms with Crippen LogP contribution in [0.2, 0.25) is 0 Å². The molecule has 1 N–H and O–H groups in total. The van der Waals surface area contributed by atoms with Gasteiger partial charge in [-0.15, -0.1) is 0 Å². The van der Waals surface area contributed by atoms with E-state index in [1.165, 1.54) is 11.1 Å². The molecule has 112 valence electrons. The fourth-order valence-corrected chi connectivity index (χ4v) is 2.90. The summed E-state index contributed by atoms with van der Waals surface area (Å²) >= 11 is 0. The number of fused-ring (bicyclic) bond motifs is 1. The number of nitrogens with one attached hydrogen (secondary N) is 1. The number of hydrogen-bond donors (Lipinski definition) is 1. The summed E-state index contributed by atoms with van der Waals surface area (Å²) in [5.74, 6) is 0. The smallest absolute Gasteiger partial charge is 0.0740 e. The van der Waals surface area contributed by atoms with Crippen LogP contribution in [0.3, 0.4) is 0 Å². The monoisotopic (exact) mass is 299 g/mol. The van der Waals surface area contributed by atoms with E-state index in [2.05, 4.69) is 52.8 Å². The lowest BCUT2D eigenvalue weighted by atomic mass is 9.96. The van der Waals surface area contributed by atoms with Crippen LogP contribution in [0.1, 0.15) is 11.1 Å². The summed E-state index contributed by atoms with van der Waals surface area (Å²) < 4.78 is 0. The number of nitrogens with zero attached hydrogens (tertiary/aromatic N) is 2. The van der Waals surface area contributed by atoms with Crippen molar-refractivity contribution >= 4 is 11.4 Å². The van der Waals surface area contributed by atoms with Crippen LogP contribution in [0.4, 0.5) is 5.69 Å². The number of aromatic nitrogens is 1. The predicted octanol–water partition coefficient (Wildman–Crippen LogP) is 4.01. The predicted molar refractivity (Wildman–Crippen MR) is 95.1 cm³/mol. The summed E-state index contributed by atoms with van der Waals surface area (Å²) in [4.78, 5) is 8.91. The Kier molecular flexibility index (Phi) is 3.60. The van der Waals surface area contributed by atoms with Gasteiger partial charge in [0.15, 0.2) is 0 Å². The van der Waals surface area contributed by atoms with Gasteiger partial charge < -0.3 is 5.32 Å². The van der Waals surface area contributed by atoms with Crippen molar-refractivity contribution in [2.45, 2.75) is 0 Å². The summed E-state index contributed by atoms with van der Waals surface area (Å²) in [5.41, 5.74) is 6.86. The third-order valence-electron chi connectivity index (χ3n) is 4.03. The molecule has 0 spiro atoms. The summed E-state index contributed by atoms with van der Waals surface area (Å²) in [5, 5.41) is 3.48. The fraction of sp³-hybridized carbons (Fsp3) is 0.100. The number of benzodiazepines with no additional fused rings is 1. The highest BCUT2D eigenvalue weighted by Crippen LogP contribution is 2.28. The second-order valence-corrected chi connectivity index (χ2v) is 5.52. The number of aliphatic imine (C=N–C) groups is 1. The topological polar surface area (TPSA) is 37.3 Å². The van der Waals surface area contributed by atoms with Crippen molar-refractivity contribution in [3.05, 3.63) is 84.2 Å². The molecule has 2 heterocycles. The molecule has 0 amide bonds. The van der Waals surface area contributed by atoms with Crippen molar-refractivity contribution < 1.29 is 0 Å². The highest BCUT2D eigenvalue weighted by Gasteiger charge is 2.15. The van der Waals surface area contributed by atoms with Crippen molar-refractivity contribution in [2.75, 3.05) is 18.4 Å².